The predicted molar refractivity (Wildman–Crippen MR) is 105 cm³/mol. The Labute approximate surface area is 159 Å². The molecule has 0 saturated heterocycles. The molecule has 6 nitrogen and oxygen atoms in total. The van der Waals surface area contributed by atoms with Gasteiger partial charge in [-0.2, -0.15) is 12.7 Å². The van der Waals surface area contributed by atoms with Crippen molar-refractivity contribution in [2.24, 2.45) is 0 Å². The number of amides is 1. The van der Waals surface area contributed by atoms with Crippen LogP contribution >= 0.6 is 11.6 Å². The Balaban J connectivity index is 1.95. The van der Waals surface area contributed by atoms with Crippen molar-refractivity contribution < 1.29 is 13.2 Å². The Morgan fingerprint density at radius 2 is 1.58 bits per heavy atom. The number of hydrogen-bond acceptors (Lipinski definition) is 3. The molecule has 0 radical (unpaired) electrons. The quantitative estimate of drug-likeness (QED) is 0.783. The zero-order valence-corrected chi connectivity index (χ0v) is 16.5. The van der Waals surface area contributed by atoms with Crippen LogP contribution in [-0.2, 0) is 16.6 Å². The summed E-state index contributed by atoms with van der Waals surface area (Å²) >= 11 is 5.84. The van der Waals surface area contributed by atoms with E-state index in [1.807, 2.05) is 24.3 Å². The molecular formula is C18H22ClN3O3S. The molecule has 0 aliphatic rings. The maximum atomic E-state index is 12.2. The molecule has 1 N–H and O–H groups in total. The van der Waals surface area contributed by atoms with Gasteiger partial charge in [-0.3, -0.25) is 9.10 Å². The van der Waals surface area contributed by atoms with Crippen LogP contribution in [0.15, 0.2) is 48.5 Å². The molecule has 0 bridgehead atoms. The first-order chi connectivity index (χ1) is 12.2. The number of anilines is 1. The Bertz CT molecular complexity index is 850. The van der Waals surface area contributed by atoms with Crippen LogP contribution in [0, 0.1) is 0 Å². The molecule has 140 valence electrons. The van der Waals surface area contributed by atoms with Gasteiger partial charge in [0.05, 0.1) is 5.69 Å². The summed E-state index contributed by atoms with van der Waals surface area (Å²) in [6, 6.07) is 13.9. The fourth-order valence-electron chi connectivity index (χ4n) is 2.27. The summed E-state index contributed by atoms with van der Waals surface area (Å²) in [4.78, 5) is 12.2. The van der Waals surface area contributed by atoms with Crippen LogP contribution in [0.25, 0.3) is 0 Å². The lowest BCUT2D eigenvalue weighted by atomic mass is 10.1. The van der Waals surface area contributed by atoms with E-state index < -0.39 is 10.2 Å². The molecule has 1 amide bonds. The maximum absolute atomic E-state index is 12.2. The molecule has 8 heteroatoms. The number of benzene rings is 2. The van der Waals surface area contributed by atoms with E-state index in [0.717, 1.165) is 14.2 Å². The summed E-state index contributed by atoms with van der Waals surface area (Å²) in [5, 5.41) is 3.53. The minimum absolute atomic E-state index is 0.205. The molecule has 0 atom stereocenters. The molecular weight excluding hydrogens is 374 g/mol. The van der Waals surface area contributed by atoms with Crippen molar-refractivity contribution in [3.05, 3.63) is 64.7 Å². The Hall–Kier alpha value is -2.09. The Morgan fingerprint density at radius 3 is 2.12 bits per heavy atom. The zero-order chi connectivity index (χ0) is 19.3. The van der Waals surface area contributed by atoms with E-state index in [0.29, 0.717) is 29.2 Å². The Morgan fingerprint density at radius 1 is 1.00 bits per heavy atom. The van der Waals surface area contributed by atoms with Crippen molar-refractivity contribution in [1.82, 2.24) is 9.62 Å². The van der Waals surface area contributed by atoms with E-state index in [-0.39, 0.29) is 5.91 Å². The van der Waals surface area contributed by atoms with Gasteiger partial charge < -0.3 is 5.32 Å². The number of rotatable bonds is 7. The second kappa shape index (κ2) is 8.53. The first kappa shape index (κ1) is 20.2. The molecule has 2 aromatic rings. The van der Waals surface area contributed by atoms with Crippen LogP contribution in [0.3, 0.4) is 0 Å². The zero-order valence-electron chi connectivity index (χ0n) is 14.9. The molecule has 2 rings (SSSR count). The fourth-order valence-corrected chi connectivity index (χ4v) is 3.28. The van der Waals surface area contributed by atoms with Gasteiger partial charge in [-0.1, -0.05) is 23.7 Å². The topological polar surface area (TPSA) is 69.7 Å². The molecule has 0 aliphatic carbocycles. The van der Waals surface area contributed by atoms with Crippen molar-refractivity contribution in [2.45, 2.75) is 6.42 Å². The van der Waals surface area contributed by atoms with Crippen LogP contribution in [0.1, 0.15) is 15.9 Å². The van der Waals surface area contributed by atoms with Crippen molar-refractivity contribution in [3.63, 3.8) is 0 Å². The number of nitrogens with one attached hydrogen (secondary N) is 1. The highest BCUT2D eigenvalue weighted by molar-refractivity contribution is 7.90. The molecule has 0 unspecified atom stereocenters. The molecule has 0 aliphatic heterocycles. The molecule has 2 aromatic carbocycles. The summed E-state index contributed by atoms with van der Waals surface area (Å²) in [7, 11) is 0.848. The van der Waals surface area contributed by atoms with Crippen molar-refractivity contribution >= 4 is 33.4 Å². The fraction of sp³-hybridized carbons (Fsp3) is 0.278. The van der Waals surface area contributed by atoms with E-state index >= 15 is 0 Å². The van der Waals surface area contributed by atoms with Crippen molar-refractivity contribution in [1.29, 1.82) is 0 Å². The first-order valence-corrected chi connectivity index (χ1v) is 9.78. The van der Waals surface area contributed by atoms with E-state index in [2.05, 4.69) is 5.32 Å². The third-order valence-corrected chi connectivity index (χ3v) is 5.99. The highest BCUT2D eigenvalue weighted by atomic mass is 35.5. The van der Waals surface area contributed by atoms with Gasteiger partial charge in [0.25, 0.3) is 5.91 Å². The lowest BCUT2D eigenvalue weighted by molar-refractivity contribution is 0.0954. The predicted octanol–water partition coefficient (Wildman–Crippen LogP) is 2.56. The standard InChI is InChI=1S/C18H22ClN3O3S/c1-21(2)26(24,25)22(3)17-10-6-15(7-11-17)18(23)20-13-12-14-4-8-16(19)9-5-14/h4-11H,12-13H2,1-3H3,(H,20,23). The Kier molecular flexibility index (Phi) is 6.63. The van der Waals surface area contributed by atoms with Crippen LogP contribution < -0.4 is 9.62 Å². The lowest BCUT2D eigenvalue weighted by Crippen LogP contribution is -2.37. The summed E-state index contributed by atoms with van der Waals surface area (Å²) in [6.07, 6.45) is 0.699. The molecule has 0 fully saturated rings. The van der Waals surface area contributed by atoms with Gasteiger partial charge in [-0.25, -0.2) is 0 Å². The third kappa shape index (κ3) is 4.97. The van der Waals surface area contributed by atoms with Gasteiger partial charge >= 0.3 is 10.2 Å². The van der Waals surface area contributed by atoms with Gasteiger partial charge in [0, 0.05) is 38.3 Å². The minimum Gasteiger partial charge on any atom is -0.352 e. The first-order valence-electron chi connectivity index (χ1n) is 8.01. The third-order valence-electron chi connectivity index (χ3n) is 3.91. The van der Waals surface area contributed by atoms with Gasteiger partial charge in [0.2, 0.25) is 0 Å². The van der Waals surface area contributed by atoms with Crippen molar-refractivity contribution in [3.8, 4) is 0 Å². The average molecular weight is 396 g/mol. The van der Waals surface area contributed by atoms with E-state index in [9.17, 15) is 13.2 Å². The van der Waals surface area contributed by atoms with Crippen LogP contribution in [0.2, 0.25) is 5.02 Å². The number of halogens is 1. The number of carbonyl (C=O) groups is 1. The largest absolute Gasteiger partial charge is 0.352 e. The van der Waals surface area contributed by atoms with Gasteiger partial charge in [-0.05, 0) is 48.4 Å². The van der Waals surface area contributed by atoms with Crippen LogP contribution in [-0.4, -0.2) is 46.3 Å². The second-order valence-electron chi connectivity index (χ2n) is 5.94. The number of nitrogens with zero attached hydrogens (tertiary/aromatic N) is 2. The molecule has 26 heavy (non-hydrogen) atoms. The SMILES string of the molecule is CN(C)S(=O)(=O)N(C)c1ccc(C(=O)NCCc2ccc(Cl)cc2)cc1. The monoisotopic (exact) mass is 395 g/mol. The van der Waals surface area contributed by atoms with Crippen LogP contribution in [0.5, 0.6) is 0 Å². The molecule has 0 spiro atoms. The van der Waals surface area contributed by atoms with Crippen molar-refractivity contribution in [2.75, 3.05) is 32.0 Å². The van der Waals surface area contributed by atoms with Gasteiger partial charge in [0.15, 0.2) is 0 Å². The summed E-state index contributed by atoms with van der Waals surface area (Å²) < 4.78 is 26.5. The minimum atomic E-state index is -3.55. The maximum Gasteiger partial charge on any atom is 0.303 e. The second-order valence-corrected chi connectivity index (χ2v) is 8.55. The smallest absolute Gasteiger partial charge is 0.303 e. The van der Waals surface area contributed by atoms with E-state index in [4.69, 9.17) is 11.6 Å². The number of hydrogen-bond donors (Lipinski definition) is 1. The molecule has 0 saturated carbocycles. The number of carbonyl (C=O) groups excluding carboxylic acids is 1. The summed E-state index contributed by atoms with van der Waals surface area (Å²) in [5.74, 6) is -0.205. The average Bonchev–Trinajstić information content (AvgIpc) is 2.62. The lowest BCUT2D eigenvalue weighted by Gasteiger charge is -2.23. The molecule has 0 heterocycles. The normalized spacial score (nSPS) is 11.4. The highest BCUT2D eigenvalue weighted by Crippen LogP contribution is 2.18. The van der Waals surface area contributed by atoms with E-state index in [1.165, 1.54) is 21.1 Å². The molecule has 0 aromatic heterocycles. The summed E-state index contributed by atoms with van der Waals surface area (Å²) in [5.41, 5.74) is 2.04. The van der Waals surface area contributed by atoms with Crippen LogP contribution in [0.4, 0.5) is 5.69 Å². The van der Waals surface area contributed by atoms with E-state index in [1.54, 1.807) is 24.3 Å². The van der Waals surface area contributed by atoms with Gasteiger partial charge in [-0.15, -0.1) is 0 Å². The highest BCUT2D eigenvalue weighted by Gasteiger charge is 2.20. The van der Waals surface area contributed by atoms with Gasteiger partial charge in [0.1, 0.15) is 0 Å². The summed E-state index contributed by atoms with van der Waals surface area (Å²) in [6.45, 7) is 0.497.